The predicted molar refractivity (Wildman–Crippen MR) is 267 cm³/mol. The summed E-state index contributed by atoms with van der Waals surface area (Å²) in [6.07, 6.45) is 34.9. The van der Waals surface area contributed by atoms with Crippen LogP contribution in [-0.2, 0) is 42.9 Å². The number of allylic oxidation sites excluding steroid dienone is 2. The van der Waals surface area contributed by atoms with E-state index in [4.69, 9.17) is 23.7 Å². The molecular formula is C55H100O12. The smallest absolute Gasteiger partial charge is 0.335 e. The van der Waals surface area contributed by atoms with E-state index in [9.17, 15) is 34.5 Å². The van der Waals surface area contributed by atoms with Crippen LogP contribution in [0, 0.1) is 0 Å². The third-order valence-electron chi connectivity index (χ3n) is 12.8. The third kappa shape index (κ3) is 35.3. The summed E-state index contributed by atoms with van der Waals surface area (Å²) in [5.41, 5.74) is 0. The van der Waals surface area contributed by atoms with Gasteiger partial charge in [-0.05, 0) is 44.9 Å². The number of carbonyl (C=O) groups excluding carboxylic acids is 3. The largest absolute Gasteiger partial charge is 0.479 e. The average molecular weight is 953 g/mol. The first kappa shape index (κ1) is 62.5. The minimum absolute atomic E-state index is 0.0564. The van der Waals surface area contributed by atoms with Crippen molar-refractivity contribution in [2.45, 2.75) is 302 Å². The summed E-state index contributed by atoms with van der Waals surface area (Å²) < 4.78 is 28.3. The first-order chi connectivity index (χ1) is 32.6. The molecule has 0 bridgehead atoms. The maximum Gasteiger partial charge on any atom is 0.335 e. The molecule has 0 aromatic carbocycles. The van der Waals surface area contributed by atoms with Crippen LogP contribution < -0.4 is 0 Å². The van der Waals surface area contributed by atoms with Crippen molar-refractivity contribution in [3.05, 3.63) is 12.2 Å². The van der Waals surface area contributed by atoms with E-state index in [0.717, 1.165) is 77.0 Å². The van der Waals surface area contributed by atoms with E-state index >= 15 is 0 Å². The number of rotatable bonds is 47. The molecule has 392 valence electrons. The Bertz CT molecular complexity index is 1230. The summed E-state index contributed by atoms with van der Waals surface area (Å²) in [6, 6.07) is 0. The van der Waals surface area contributed by atoms with Gasteiger partial charge in [0.1, 0.15) is 18.8 Å². The van der Waals surface area contributed by atoms with Gasteiger partial charge in [-0.15, -0.1) is 0 Å². The van der Waals surface area contributed by atoms with Gasteiger partial charge in [-0.3, -0.25) is 14.4 Å². The number of hydrogen-bond acceptors (Lipinski definition) is 11. The van der Waals surface area contributed by atoms with Gasteiger partial charge >= 0.3 is 23.9 Å². The highest BCUT2D eigenvalue weighted by Crippen LogP contribution is 2.26. The molecular weight excluding hydrogens is 853 g/mol. The highest BCUT2D eigenvalue weighted by atomic mass is 16.7. The molecule has 6 unspecified atom stereocenters. The van der Waals surface area contributed by atoms with Crippen LogP contribution in [0.25, 0.3) is 0 Å². The molecule has 0 aliphatic carbocycles. The van der Waals surface area contributed by atoms with Gasteiger partial charge in [0.2, 0.25) is 0 Å². The molecule has 0 aromatic rings. The molecule has 1 aliphatic rings. The number of carboxylic acids is 1. The summed E-state index contributed by atoms with van der Waals surface area (Å²) in [5.74, 6) is -3.10. The first-order valence-corrected chi connectivity index (χ1v) is 27.7. The molecule has 67 heavy (non-hydrogen) atoms. The second-order valence-corrected chi connectivity index (χ2v) is 19.2. The lowest BCUT2D eigenvalue weighted by Gasteiger charge is -2.40. The van der Waals surface area contributed by atoms with Crippen molar-refractivity contribution in [1.29, 1.82) is 0 Å². The zero-order valence-electron chi connectivity index (χ0n) is 42.9. The van der Waals surface area contributed by atoms with Gasteiger partial charge < -0.3 is 39.0 Å². The third-order valence-corrected chi connectivity index (χ3v) is 12.8. The minimum atomic E-state index is -1.90. The van der Waals surface area contributed by atoms with Crippen LogP contribution in [0.2, 0.25) is 0 Å². The Morgan fingerprint density at radius 2 is 0.851 bits per heavy atom. The lowest BCUT2D eigenvalue weighted by Crippen LogP contribution is -2.61. The van der Waals surface area contributed by atoms with E-state index in [-0.39, 0.29) is 25.9 Å². The fraction of sp³-hybridized carbons (Fsp3) is 0.891. The molecule has 3 N–H and O–H groups in total. The SMILES string of the molecule is CCCCCCCC/C=C\CCCCCCCC(=O)OC1C(OCC(COC(=O)CCCCCCCCCCCCCCC)OC(=O)CCCCCCCCCCC)OC(C(=O)O)C(O)C1O. The Labute approximate surface area is 407 Å². The summed E-state index contributed by atoms with van der Waals surface area (Å²) in [6.45, 7) is 5.96. The predicted octanol–water partition coefficient (Wildman–Crippen LogP) is 13.3. The van der Waals surface area contributed by atoms with Gasteiger partial charge in [0.05, 0.1) is 6.61 Å². The summed E-state index contributed by atoms with van der Waals surface area (Å²) in [5, 5.41) is 31.3. The Morgan fingerprint density at radius 3 is 1.27 bits per heavy atom. The molecule has 1 fully saturated rings. The van der Waals surface area contributed by atoms with Crippen molar-refractivity contribution in [3.8, 4) is 0 Å². The monoisotopic (exact) mass is 953 g/mol. The van der Waals surface area contributed by atoms with Gasteiger partial charge in [-0.2, -0.15) is 0 Å². The fourth-order valence-corrected chi connectivity index (χ4v) is 8.54. The molecule has 12 nitrogen and oxygen atoms in total. The second kappa shape index (κ2) is 44.7. The number of hydrogen-bond donors (Lipinski definition) is 3. The van der Waals surface area contributed by atoms with Gasteiger partial charge in [0.25, 0.3) is 0 Å². The number of aliphatic carboxylic acids is 1. The maximum absolute atomic E-state index is 13.0. The van der Waals surface area contributed by atoms with Crippen molar-refractivity contribution in [2.75, 3.05) is 13.2 Å². The van der Waals surface area contributed by atoms with Crippen LogP contribution in [0.5, 0.6) is 0 Å². The first-order valence-electron chi connectivity index (χ1n) is 27.7. The van der Waals surface area contributed by atoms with Gasteiger partial charge in [0.15, 0.2) is 24.6 Å². The molecule has 12 heteroatoms. The molecule has 0 aromatic heterocycles. The van der Waals surface area contributed by atoms with Crippen LogP contribution in [-0.4, -0.2) is 89.2 Å². The molecule has 1 saturated heterocycles. The molecule has 0 saturated carbocycles. The van der Waals surface area contributed by atoms with Crippen LogP contribution in [0.15, 0.2) is 12.2 Å². The minimum Gasteiger partial charge on any atom is -0.479 e. The van der Waals surface area contributed by atoms with Crippen LogP contribution in [0.1, 0.15) is 265 Å². The number of aliphatic hydroxyl groups is 2. The zero-order valence-corrected chi connectivity index (χ0v) is 42.9. The lowest BCUT2D eigenvalue weighted by molar-refractivity contribution is -0.301. The van der Waals surface area contributed by atoms with E-state index in [0.29, 0.717) is 19.3 Å². The molecule has 1 rings (SSSR count). The second-order valence-electron chi connectivity index (χ2n) is 19.2. The summed E-state index contributed by atoms with van der Waals surface area (Å²) in [4.78, 5) is 50.8. The van der Waals surface area contributed by atoms with Crippen LogP contribution in [0.3, 0.4) is 0 Å². The molecule has 0 amide bonds. The topological polar surface area (TPSA) is 175 Å². The van der Waals surface area contributed by atoms with Crippen molar-refractivity contribution < 1.29 is 58.2 Å². The Morgan fingerprint density at radius 1 is 0.478 bits per heavy atom. The number of aliphatic hydroxyl groups excluding tert-OH is 2. The van der Waals surface area contributed by atoms with E-state index in [1.54, 1.807) is 0 Å². The van der Waals surface area contributed by atoms with E-state index in [2.05, 4.69) is 32.9 Å². The number of ether oxygens (including phenoxy) is 5. The van der Waals surface area contributed by atoms with Gasteiger partial charge in [-0.25, -0.2) is 4.79 Å². The zero-order chi connectivity index (χ0) is 49.0. The number of esters is 3. The number of carboxylic acid groups (broad SMARTS) is 1. The van der Waals surface area contributed by atoms with E-state index in [1.807, 2.05) is 0 Å². The quantitative estimate of drug-likeness (QED) is 0.0228. The highest BCUT2D eigenvalue weighted by Gasteiger charge is 2.50. The lowest BCUT2D eigenvalue weighted by atomic mass is 9.98. The van der Waals surface area contributed by atoms with E-state index in [1.165, 1.54) is 128 Å². The van der Waals surface area contributed by atoms with Crippen LogP contribution >= 0.6 is 0 Å². The summed E-state index contributed by atoms with van der Waals surface area (Å²) in [7, 11) is 0. The fourth-order valence-electron chi connectivity index (χ4n) is 8.54. The molecule has 1 heterocycles. The van der Waals surface area contributed by atoms with E-state index < -0.39 is 67.3 Å². The van der Waals surface area contributed by atoms with Crippen molar-refractivity contribution in [3.63, 3.8) is 0 Å². The van der Waals surface area contributed by atoms with Crippen molar-refractivity contribution in [1.82, 2.24) is 0 Å². The van der Waals surface area contributed by atoms with Crippen LogP contribution in [0.4, 0.5) is 0 Å². The van der Waals surface area contributed by atoms with Crippen molar-refractivity contribution in [2.24, 2.45) is 0 Å². The Balaban J connectivity index is 2.68. The van der Waals surface area contributed by atoms with Gasteiger partial charge in [-0.1, -0.05) is 213 Å². The molecule has 1 aliphatic heterocycles. The summed E-state index contributed by atoms with van der Waals surface area (Å²) >= 11 is 0. The maximum atomic E-state index is 13.0. The standard InChI is InChI=1S/C55H100O12/c1-4-7-10-13-16-19-21-23-24-26-28-31-34-37-40-43-49(58)66-53-51(60)50(59)52(54(61)62)67-55(53)64-45-46(65-48(57)42-39-36-33-29-18-15-12-9-6-3)44-63-47(56)41-38-35-32-30-27-25-22-20-17-14-11-8-5-2/h23-24,46,50-53,55,59-60H,4-22,25-45H2,1-3H3,(H,61,62)/b24-23-. The number of carbonyl (C=O) groups is 4. The molecule has 6 atom stereocenters. The molecule has 0 radical (unpaired) electrons. The molecule has 0 spiro atoms. The van der Waals surface area contributed by atoms with Crippen molar-refractivity contribution >= 4 is 23.9 Å². The highest BCUT2D eigenvalue weighted by molar-refractivity contribution is 5.74. The normalized spacial score (nSPS) is 18.9. The average Bonchev–Trinajstić information content (AvgIpc) is 3.31. The Hall–Kier alpha value is -2.54. The number of unbranched alkanes of at least 4 members (excludes halogenated alkanes) is 31. The Kier molecular flexibility index (Phi) is 41.6. The van der Waals surface area contributed by atoms with Gasteiger partial charge in [0, 0.05) is 19.3 Å².